The number of nitrogens with zero attached hydrogens (tertiary/aromatic N) is 1. The first-order valence-corrected chi connectivity index (χ1v) is 8.62. The number of hydrogen-bond donors (Lipinski definition) is 1. The van der Waals surface area contributed by atoms with Crippen LogP contribution in [0.4, 0.5) is 5.13 Å². The first-order chi connectivity index (χ1) is 11.6. The number of carbonyl (C=O) groups excluding carboxylic acids is 2. The van der Waals surface area contributed by atoms with Crippen molar-refractivity contribution >= 4 is 28.2 Å². The maximum absolute atomic E-state index is 12.3. The van der Waals surface area contributed by atoms with Crippen molar-refractivity contribution in [3.05, 3.63) is 40.9 Å². The molecule has 2 aromatic rings. The van der Waals surface area contributed by atoms with Gasteiger partial charge >= 0.3 is 0 Å². The summed E-state index contributed by atoms with van der Waals surface area (Å²) in [5, 5.41) is 4.72. The summed E-state index contributed by atoms with van der Waals surface area (Å²) < 4.78 is 11.2. The molecule has 6 nitrogen and oxygen atoms in total. The summed E-state index contributed by atoms with van der Waals surface area (Å²) in [5.41, 5.74) is 0.823. The first-order valence-electron chi connectivity index (χ1n) is 7.74. The molecule has 7 heteroatoms. The second-order valence-electron chi connectivity index (χ2n) is 5.52. The number of hydrogen-bond acceptors (Lipinski definition) is 6. The number of aromatic nitrogens is 1. The van der Waals surface area contributed by atoms with E-state index in [1.165, 1.54) is 18.3 Å². The van der Waals surface area contributed by atoms with Gasteiger partial charge in [-0.2, -0.15) is 0 Å². The van der Waals surface area contributed by atoms with Gasteiger partial charge in [0.15, 0.2) is 10.9 Å². The lowest BCUT2D eigenvalue weighted by Gasteiger charge is -2.12. The van der Waals surface area contributed by atoms with Crippen LogP contribution in [0.2, 0.25) is 0 Å². The highest BCUT2D eigenvalue weighted by atomic mass is 32.1. The zero-order valence-electron chi connectivity index (χ0n) is 13.3. The van der Waals surface area contributed by atoms with Gasteiger partial charge in [-0.25, -0.2) is 4.98 Å². The van der Waals surface area contributed by atoms with Crippen molar-refractivity contribution in [2.24, 2.45) is 0 Å². The summed E-state index contributed by atoms with van der Waals surface area (Å²) in [6.07, 6.45) is 2.19. The number of anilines is 1. The topological polar surface area (TPSA) is 77.5 Å². The number of ether oxygens (including phenoxy) is 2. The van der Waals surface area contributed by atoms with Crippen LogP contribution < -0.4 is 10.1 Å². The van der Waals surface area contributed by atoms with E-state index < -0.39 is 0 Å². The Morgan fingerprint density at radius 2 is 2.33 bits per heavy atom. The molecular weight excluding hydrogens is 328 g/mol. The Hall–Kier alpha value is -2.25. The van der Waals surface area contributed by atoms with E-state index in [1.807, 2.05) is 6.07 Å². The Labute approximate surface area is 143 Å². The van der Waals surface area contributed by atoms with Crippen molar-refractivity contribution in [2.75, 3.05) is 18.5 Å². The van der Waals surface area contributed by atoms with E-state index in [2.05, 4.69) is 10.3 Å². The molecule has 1 amide bonds. The molecular formula is C17H18N2O4S. The fourth-order valence-electron chi connectivity index (χ4n) is 2.35. The predicted molar refractivity (Wildman–Crippen MR) is 91.0 cm³/mol. The molecule has 2 heterocycles. The molecule has 1 aromatic heterocycles. The third kappa shape index (κ3) is 4.18. The van der Waals surface area contributed by atoms with Crippen LogP contribution in [-0.4, -0.2) is 36.0 Å². The molecule has 126 valence electrons. The molecule has 1 aliphatic rings. The minimum absolute atomic E-state index is 0.128. The van der Waals surface area contributed by atoms with Crippen molar-refractivity contribution < 1.29 is 19.1 Å². The van der Waals surface area contributed by atoms with Gasteiger partial charge in [0.05, 0.1) is 6.10 Å². The summed E-state index contributed by atoms with van der Waals surface area (Å²) in [6.45, 7) is 2.71. The Kier molecular flexibility index (Phi) is 5.22. The predicted octanol–water partition coefficient (Wildman–Crippen LogP) is 3.16. The van der Waals surface area contributed by atoms with Crippen LogP contribution in [0.15, 0.2) is 29.6 Å². The normalized spacial score (nSPS) is 16.8. The largest absolute Gasteiger partial charge is 0.491 e. The van der Waals surface area contributed by atoms with Crippen LogP contribution >= 0.6 is 11.3 Å². The lowest BCUT2D eigenvalue weighted by atomic mass is 10.2. The van der Waals surface area contributed by atoms with E-state index in [9.17, 15) is 9.59 Å². The van der Waals surface area contributed by atoms with Gasteiger partial charge in [0.2, 0.25) is 0 Å². The molecule has 0 bridgehead atoms. The molecule has 1 aliphatic heterocycles. The summed E-state index contributed by atoms with van der Waals surface area (Å²) in [4.78, 5) is 27.6. The fraction of sp³-hybridized carbons (Fsp3) is 0.353. The van der Waals surface area contributed by atoms with Crippen LogP contribution in [0.25, 0.3) is 0 Å². The quantitative estimate of drug-likeness (QED) is 0.813. The monoisotopic (exact) mass is 346 g/mol. The van der Waals surface area contributed by atoms with E-state index in [0.717, 1.165) is 19.4 Å². The molecule has 1 saturated heterocycles. The van der Waals surface area contributed by atoms with E-state index in [0.29, 0.717) is 28.7 Å². The number of benzene rings is 1. The number of rotatable bonds is 6. The van der Waals surface area contributed by atoms with Crippen LogP contribution in [0.5, 0.6) is 5.75 Å². The third-order valence-electron chi connectivity index (χ3n) is 3.64. The van der Waals surface area contributed by atoms with E-state index in [4.69, 9.17) is 9.47 Å². The maximum atomic E-state index is 12.3. The van der Waals surface area contributed by atoms with Crippen molar-refractivity contribution in [1.29, 1.82) is 0 Å². The van der Waals surface area contributed by atoms with Crippen LogP contribution in [0.3, 0.4) is 0 Å². The Morgan fingerprint density at radius 1 is 1.46 bits per heavy atom. The van der Waals surface area contributed by atoms with Crippen molar-refractivity contribution in [1.82, 2.24) is 4.98 Å². The second kappa shape index (κ2) is 7.55. The molecule has 1 atom stereocenters. The number of nitrogens with one attached hydrogen (secondary N) is 1. The molecule has 3 rings (SSSR count). The highest BCUT2D eigenvalue weighted by molar-refractivity contribution is 7.14. The second-order valence-corrected chi connectivity index (χ2v) is 6.38. The average Bonchev–Trinajstić information content (AvgIpc) is 3.25. The van der Waals surface area contributed by atoms with Gasteiger partial charge in [-0.3, -0.25) is 14.9 Å². The van der Waals surface area contributed by atoms with Gasteiger partial charge in [-0.1, -0.05) is 6.07 Å². The lowest BCUT2D eigenvalue weighted by Crippen LogP contribution is -2.17. The minimum atomic E-state index is -0.290. The molecule has 1 N–H and O–H groups in total. The SMILES string of the molecule is CC(=O)c1csc(NC(=O)c2cccc(OCC3CCCO3)c2)n1. The van der Waals surface area contributed by atoms with E-state index in [-0.39, 0.29) is 17.8 Å². The summed E-state index contributed by atoms with van der Waals surface area (Å²) in [7, 11) is 0. The fourth-order valence-corrected chi connectivity index (χ4v) is 3.10. The van der Waals surface area contributed by atoms with Crippen molar-refractivity contribution in [2.45, 2.75) is 25.9 Å². The zero-order valence-corrected chi connectivity index (χ0v) is 14.1. The number of carbonyl (C=O) groups is 2. The number of thiazole rings is 1. The molecule has 0 aliphatic carbocycles. The third-order valence-corrected chi connectivity index (χ3v) is 4.40. The smallest absolute Gasteiger partial charge is 0.257 e. The number of Topliss-reactive ketones (excluding diaryl/α,β-unsaturated/α-hetero) is 1. The number of ketones is 1. The molecule has 0 spiro atoms. The highest BCUT2D eigenvalue weighted by Gasteiger charge is 2.16. The minimum Gasteiger partial charge on any atom is -0.491 e. The Balaban J connectivity index is 1.61. The molecule has 1 unspecified atom stereocenters. The van der Waals surface area contributed by atoms with Crippen molar-refractivity contribution in [3.63, 3.8) is 0 Å². The molecule has 0 radical (unpaired) electrons. The maximum Gasteiger partial charge on any atom is 0.257 e. The highest BCUT2D eigenvalue weighted by Crippen LogP contribution is 2.20. The Morgan fingerprint density at radius 3 is 3.04 bits per heavy atom. The van der Waals surface area contributed by atoms with Gasteiger partial charge < -0.3 is 9.47 Å². The van der Waals surface area contributed by atoms with Gasteiger partial charge in [-0.15, -0.1) is 11.3 Å². The van der Waals surface area contributed by atoms with Crippen LogP contribution in [0, 0.1) is 0 Å². The summed E-state index contributed by atoms with van der Waals surface area (Å²) in [6, 6.07) is 6.96. The molecule has 0 saturated carbocycles. The molecule has 24 heavy (non-hydrogen) atoms. The number of amides is 1. The standard InChI is InChI=1S/C17H18N2O4S/c1-11(20)15-10-24-17(18-15)19-16(21)12-4-2-5-13(8-12)23-9-14-6-3-7-22-14/h2,4-5,8,10,14H,3,6-7,9H2,1H3,(H,18,19,21). The van der Waals surface area contributed by atoms with Crippen LogP contribution in [-0.2, 0) is 4.74 Å². The summed E-state index contributed by atoms with van der Waals surface area (Å²) in [5.74, 6) is 0.208. The molecule has 1 fully saturated rings. The molecule has 1 aromatic carbocycles. The van der Waals surface area contributed by atoms with Crippen LogP contribution in [0.1, 0.15) is 40.6 Å². The van der Waals surface area contributed by atoms with Gasteiger partial charge in [0, 0.05) is 24.5 Å². The zero-order chi connectivity index (χ0) is 16.9. The summed E-state index contributed by atoms with van der Waals surface area (Å²) >= 11 is 1.22. The Bertz CT molecular complexity index is 738. The van der Waals surface area contributed by atoms with Gasteiger partial charge in [0.25, 0.3) is 5.91 Å². The van der Waals surface area contributed by atoms with E-state index in [1.54, 1.807) is 23.6 Å². The van der Waals surface area contributed by atoms with Crippen molar-refractivity contribution in [3.8, 4) is 5.75 Å². The van der Waals surface area contributed by atoms with E-state index >= 15 is 0 Å². The van der Waals surface area contributed by atoms with Gasteiger partial charge in [-0.05, 0) is 31.0 Å². The first kappa shape index (κ1) is 16.6. The average molecular weight is 346 g/mol. The van der Waals surface area contributed by atoms with Gasteiger partial charge in [0.1, 0.15) is 18.1 Å². The lowest BCUT2D eigenvalue weighted by molar-refractivity contribution is 0.0679.